The zero-order chi connectivity index (χ0) is 17.5. The predicted molar refractivity (Wildman–Crippen MR) is 98.2 cm³/mol. The van der Waals surface area contributed by atoms with Crippen LogP contribution in [0.4, 0.5) is 5.69 Å². The van der Waals surface area contributed by atoms with Gasteiger partial charge in [-0.3, -0.25) is 9.59 Å². The van der Waals surface area contributed by atoms with Gasteiger partial charge in [-0.05, 0) is 49.9 Å². The van der Waals surface area contributed by atoms with Crippen LogP contribution >= 0.6 is 0 Å². The van der Waals surface area contributed by atoms with E-state index in [1.54, 1.807) is 11.8 Å². The summed E-state index contributed by atoms with van der Waals surface area (Å²) >= 11 is 0. The molecule has 0 unspecified atom stereocenters. The number of carbonyl (C=O) groups excluding carboxylic acids is 2. The zero-order valence-electron chi connectivity index (χ0n) is 15.2. The standard InChI is InChI=1S/C20H30N2O2/c1-15-12-16(2)14-19(13-15)22(17(3)23)11-10-20(24)21-18-8-6-4-5-7-9-18/h12-14,18H,4-11H2,1-3H3,(H,21,24). The fourth-order valence-electron chi connectivity index (χ4n) is 3.51. The van der Waals surface area contributed by atoms with Gasteiger partial charge in [-0.15, -0.1) is 0 Å². The normalized spacial score (nSPS) is 15.6. The molecule has 1 aliphatic carbocycles. The largest absolute Gasteiger partial charge is 0.353 e. The molecule has 0 saturated heterocycles. The highest BCUT2D eigenvalue weighted by molar-refractivity contribution is 5.92. The first kappa shape index (κ1) is 18.5. The maximum absolute atomic E-state index is 12.3. The Morgan fingerprint density at radius 3 is 2.17 bits per heavy atom. The number of nitrogens with one attached hydrogen (secondary N) is 1. The fourth-order valence-corrected chi connectivity index (χ4v) is 3.51. The summed E-state index contributed by atoms with van der Waals surface area (Å²) in [7, 11) is 0. The van der Waals surface area contributed by atoms with E-state index in [-0.39, 0.29) is 11.8 Å². The molecule has 1 fully saturated rings. The average Bonchev–Trinajstić information content (AvgIpc) is 2.74. The van der Waals surface area contributed by atoms with Gasteiger partial charge in [0.15, 0.2) is 0 Å². The minimum Gasteiger partial charge on any atom is -0.353 e. The molecular formula is C20H30N2O2. The van der Waals surface area contributed by atoms with Crippen molar-refractivity contribution in [3.8, 4) is 0 Å². The molecule has 132 valence electrons. The third-order valence-corrected chi connectivity index (χ3v) is 4.68. The van der Waals surface area contributed by atoms with Crippen LogP contribution < -0.4 is 10.2 Å². The maximum atomic E-state index is 12.3. The Kier molecular flexibility index (Phi) is 6.83. The average molecular weight is 330 g/mol. The van der Waals surface area contributed by atoms with Crippen molar-refractivity contribution in [1.82, 2.24) is 5.32 Å². The molecule has 4 nitrogen and oxygen atoms in total. The number of nitrogens with zero attached hydrogens (tertiary/aromatic N) is 1. The first-order valence-corrected chi connectivity index (χ1v) is 9.11. The molecule has 0 spiro atoms. The summed E-state index contributed by atoms with van der Waals surface area (Å²) in [5.74, 6) is 0.0276. The molecule has 0 atom stereocenters. The van der Waals surface area contributed by atoms with Gasteiger partial charge >= 0.3 is 0 Å². The smallest absolute Gasteiger partial charge is 0.223 e. The van der Waals surface area contributed by atoms with Crippen molar-refractivity contribution >= 4 is 17.5 Å². The quantitative estimate of drug-likeness (QED) is 0.833. The summed E-state index contributed by atoms with van der Waals surface area (Å²) in [5, 5.41) is 3.15. The molecule has 4 heteroatoms. The van der Waals surface area contributed by atoms with Crippen LogP contribution in [0, 0.1) is 13.8 Å². The van der Waals surface area contributed by atoms with E-state index in [4.69, 9.17) is 0 Å². The van der Waals surface area contributed by atoms with Crippen molar-refractivity contribution in [2.45, 2.75) is 71.8 Å². The Hall–Kier alpha value is -1.84. The van der Waals surface area contributed by atoms with Crippen molar-refractivity contribution in [3.63, 3.8) is 0 Å². The number of anilines is 1. The van der Waals surface area contributed by atoms with E-state index in [1.807, 2.05) is 26.0 Å². The molecule has 0 aromatic heterocycles. The fraction of sp³-hybridized carbons (Fsp3) is 0.600. The van der Waals surface area contributed by atoms with Gasteiger partial charge in [0.25, 0.3) is 0 Å². The number of amides is 2. The molecule has 2 rings (SSSR count). The predicted octanol–water partition coefficient (Wildman–Crippen LogP) is 3.89. The van der Waals surface area contributed by atoms with E-state index >= 15 is 0 Å². The van der Waals surface area contributed by atoms with Crippen molar-refractivity contribution < 1.29 is 9.59 Å². The lowest BCUT2D eigenvalue weighted by atomic mass is 10.1. The first-order chi connectivity index (χ1) is 11.5. The van der Waals surface area contributed by atoms with Gasteiger partial charge in [0.2, 0.25) is 11.8 Å². The van der Waals surface area contributed by atoms with Gasteiger partial charge in [-0.2, -0.15) is 0 Å². The van der Waals surface area contributed by atoms with Gasteiger partial charge in [-0.1, -0.05) is 31.7 Å². The summed E-state index contributed by atoms with van der Waals surface area (Å²) < 4.78 is 0. The molecule has 0 radical (unpaired) electrons. The molecule has 0 heterocycles. The lowest BCUT2D eigenvalue weighted by Crippen LogP contribution is -2.38. The Morgan fingerprint density at radius 1 is 1.04 bits per heavy atom. The highest BCUT2D eigenvalue weighted by atomic mass is 16.2. The topological polar surface area (TPSA) is 49.4 Å². The van der Waals surface area contributed by atoms with Crippen LogP contribution in [-0.4, -0.2) is 24.4 Å². The first-order valence-electron chi connectivity index (χ1n) is 9.11. The summed E-state index contributed by atoms with van der Waals surface area (Å²) in [6, 6.07) is 6.39. The lowest BCUT2D eigenvalue weighted by Gasteiger charge is -2.23. The second-order valence-electron chi connectivity index (χ2n) is 7.02. The minimum absolute atomic E-state index is 0.0257. The van der Waals surface area contributed by atoms with Crippen molar-refractivity contribution in [2.75, 3.05) is 11.4 Å². The van der Waals surface area contributed by atoms with Crippen LogP contribution in [0.5, 0.6) is 0 Å². The lowest BCUT2D eigenvalue weighted by molar-refractivity contribution is -0.121. The highest BCUT2D eigenvalue weighted by Gasteiger charge is 2.17. The number of carbonyl (C=O) groups is 2. The molecule has 1 aromatic carbocycles. The van der Waals surface area contributed by atoms with E-state index in [1.165, 1.54) is 25.7 Å². The third kappa shape index (κ3) is 5.66. The second-order valence-corrected chi connectivity index (χ2v) is 7.02. The number of rotatable bonds is 5. The van der Waals surface area contributed by atoms with Gasteiger partial charge in [0.1, 0.15) is 0 Å². The Morgan fingerprint density at radius 2 is 1.62 bits per heavy atom. The Labute approximate surface area is 145 Å². The van der Waals surface area contributed by atoms with E-state index in [9.17, 15) is 9.59 Å². The van der Waals surface area contributed by atoms with E-state index in [0.717, 1.165) is 29.7 Å². The maximum Gasteiger partial charge on any atom is 0.223 e. The molecular weight excluding hydrogens is 300 g/mol. The summed E-state index contributed by atoms with van der Waals surface area (Å²) in [6.45, 7) is 6.03. The van der Waals surface area contributed by atoms with Crippen LogP contribution in [0.15, 0.2) is 18.2 Å². The molecule has 0 aliphatic heterocycles. The van der Waals surface area contributed by atoms with Crippen molar-refractivity contribution in [2.24, 2.45) is 0 Å². The molecule has 24 heavy (non-hydrogen) atoms. The van der Waals surface area contributed by atoms with Crippen LogP contribution in [0.2, 0.25) is 0 Å². The number of aryl methyl sites for hydroxylation is 2. The second kappa shape index (κ2) is 8.86. The number of hydrogen-bond acceptors (Lipinski definition) is 2. The van der Waals surface area contributed by atoms with Crippen LogP contribution in [-0.2, 0) is 9.59 Å². The Bertz CT molecular complexity index is 555. The Balaban J connectivity index is 1.93. The molecule has 1 saturated carbocycles. The van der Waals surface area contributed by atoms with E-state index in [0.29, 0.717) is 19.0 Å². The van der Waals surface area contributed by atoms with Crippen molar-refractivity contribution in [1.29, 1.82) is 0 Å². The zero-order valence-corrected chi connectivity index (χ0v) is 15.2. The number of hydrogen-bond donors (Lipinski definition) is 1. The molecule has 1 aliphatic rings. The van der Waals surface area contributed by atoms with Gasteiger partial charge in [0.05, 0.1) is 0 Å². The summed E-state index contributed by atoms with van der Waals surface area (Å²) in [4.78, 5) is 26.0. The third-order valence-electron chi connectivity index (χ3n) is 4.68. The van der Waals surface area contributed by atoms with Gasteiger partial charge in [-0.25, -0.2) is 0 Å². The van der Waals surface area contributed by atoms with Crippen LogP contribution in [0.25, 0.3) is 0 Å². The van der Waals surface area contributed by atoms with Crippen LogP contribution in [0.1, 0.15) is 63.0 Å². The molecule has 2 amide bonds. The summed E-state index contributed by atoms with van der Waals surface area (Å²) in [6.07, 6.45) is 7.47. The van der Waals surface area contributed by atoms with Crippen LogP contribution in [0.3, 0.4) is 0 Å². The SMILES string of the molecule is CC(=O)N(CCC(=O)NC1CCCCCC1)c1cc(C)cc(C)c1. The highest BCUT2D eigenvalue weighted by Crippen LogP contribution is 2.20. The van der Waals surface area contributed by atoms with Gasteiger partial charge < -0.3 is 10.2 Å². The minimum atomic E-state index is -0.0257. The summed E-state index contributed by atoms with van der Waals surface area (Å²) in [5.41, 5.74) is 3.13. The van der Waals surface area contributed by atoms with Gasteiger partial charge in [0, 0.05) is 31.6 Å². The molecule has 1 N–H and O–H groups in total. The molecule has 1 aromatic rings. The van der Waals surface area contributed by atoms with E-state index in [2.05, 4.69) is 11.4 Å². The van der Waals surface area contributed by atoms with E-state index < -0.39 is 0 Å². The van der Waals surface area contributed by atoms with Crippen molar-refractivity contribution in [3.05, 3.63) is 29.3 Å². The number of benzene rings is 1. The monoisotopic (exact) mass is 330 g/mol. The molecule has 0 bridgehead atoms.